The maximum atomic E-state index is 13.0. The molecule has 29 heavy (non-hydrogen) atoms. The standard InChI is InChI=1S/C23H23ClN2O3/c1-25(2)13-14-26-21(17-9-6-10-18(24)15-17)20(22(28)23(26)29)19(27)12-11-16-7-4-3-5-8-16/h3-12,15,21,28H,13-14H2,1-2H3/b12-11+. The average molecular weight is 411 g/mol. The molecule has 0 spiro atoms. The second-order valence-corrected chi connectivity index (χ2v) is 7.57. The van der Waals surface area contributed by atoms with Crippen molar-refractivity contribution in [2.45, 2.75) is 6.04 Å². The van der Waals surface area contributed by atoms with Crippen LogP contribution in [0.15, 0.2) is 72.0 Å². The van der Waals surface area contributed by atoms with Crippen molar-refractivity contribution in [1.29, 1.82) is 0 Å². The lowest BCUT2D eigenvalue weighted by atomic mass is 9.95. The zero-order chi connectivity index (χ0) is 21.0. The minimum atomic E-state index is -0.686. The summed E-state index contributed by atoms with van der Waals surface area (Å²) in [7, 11) is 3.80. The zero-order valence-corrected chi connectivity index (χ0v) is 17.1. The van der Waals surface area contributed by atoms with Crippen molar-refractivity contribution in [1.82, 2.24) is 9.80 Å². The molecule has 1 aliphatic heterocycles. The van der Waals surface area contributed by atoms with E-state index in [0.717, 1.165) is 5.56 Å². The van der Waals surface area contributed by atoms with Gasteiger partial charge in [0.25, 0.3) is 5.91 Å². The number of benzene rings is 2. The number of aliphatic hydroxyl groups is 1. The normalized spacial score (nSPS) is 17.0. The molecule has 5 nitrogen and oxygen atoms in total. The molecule has 2 aromatic rings. The van der Waals surface area contributed by atoms with E-state index in [-0.39, 0.29) is 5.57 Å². The number of likely N-dealkylation sites (N-methyl/N-ethyl adjacent to an activating group) is 1. The van der Waals surface area contributed by atoms with Crippen LogP contribution in [0.3, 0.4) is 0 Å². The smallest absolute Gasteiger partial charge is 0.290 e. The van der Waals surface area contributed by atoms with Crippen molar-refractivity contribution in [2.24, 2.45) is 0 Å². The Labute approximate surface area is 175 Å². The van der Waals surface area contributed by atoms with Gasteiger partial charge in [0.15, 0.2) is 11.5 Å². The zero-order valence-electron chi connectivity index (χ0n) is 16.4. The van der Waals surface area contributed by atoms with Crippen molar-refractivity contribution < 1.29 is 14.7 Å². The van der Waals surface area contributed by atoms with E-state index in [9.17, 15) is 14.7 Å². The number of hydrogen-bond acceptors (Lipinski definition) is 4. The van der Waals surface area contributed by atoms with E-state index in [1.807, 2.05) is 49.3 Å². The number of amides is 1. The summed E-state index contributed by atoms with van der Waals surface area (Å²) in [5, 5.41) is 11.0. The van der Waals surface area contributed by atoms with Crippen molar-refractivity contribution in [3.05, 3.63) is 88.2 Å². The van der Waals surface area contributed by atoms with Gasteiger partial charge < -0.3 is 14.9 Å². The van der Waals surface area contributed by atoms with E-state index in [1.54, 1.807) is 30.3 Å². The molecule has 6 heteroatoms. The highest BCUT2D eigenvalue weighted by Gasteiger charge is 2.42. The van der Waals surface area contributed by atoms with Crippen LogP contribution in [0.4, 0.5) is 0 Å². The third-order valence-electron chi connectivity index (χ3n) is 4.75. The Bertz CT molecular complexity index is 967. The van der Waals surface area contributed by atoms with E-state index in [0.29, 0.717) is 23.7 Å². The minimum absolute atomic E-state index is 0.0724. The SMILES string of the molecule is CN(C)CCN1C(=O)C(O)=C(C(=O)/C=C/c2ccccc2)C1c1cccc(Cl)c1. The molecule has 0 aromatic heterocycles. The summed E-state index contributed by atoms with van der Waals surface area (Å²) in [4.78, 5) is 29.2. The van der Waals surface area contributed by atoms with E-state index in [1.165, 1.54) is 11.0 Å². The summed E-state index contributed by atoms with van der Waals surface area (Å²) in [5.41, 5.74) is 1.61. The molecule has 0 aliphatic carbocycles. The predicted molar refractivity (Wildman–Crippen MR) is 115 cm³/mol. The fourth-order valence-electron chi connectivity index (χ4n) is 3.29. The van der Waals surface area contributed by atoms with Crippen molar-refractivity contribution in [3.8, 4) is 0 Å². The molecule has 2 aromatic carbocycles. The highest BCUT2D eigenvalue weighted by atomic mass is 35.5. The first kappa shape index (κ1) is 20.8. The Balaban J connectivity index is 1.98. The highest BCUT2D eigenvalue weighted by Crippen LogP contribution is 2.38. The quantitative estimate of drug-likeness (QED) is 0.704. The van der Waals surface area contributed by atoms with Crippen LogP contribution >= 0.6 is 11.6 Å². The lowest BCUT2D eigenvalue weighted by Crippen LogP contribution is -2.36. The summed E-state index contributed by atoms with van der Waals surface area (Å²) < 4.78 is 0. The van der Waals surface area contributed by atoms with Crippen molar-refractivity contribution >= 4 is 29.4 Å². The average Bonchev–Trinajstić information content (AvgIpc) is 2.96. The summed E-state index contributed by atoms with van der Waals surface area (Å²) in [6.07, 6.45) is 3.06. The molecule has 3 rings (SSSR count). The van der Waals surface area contributed by atoms with Gasteiger partial charge in [-0.05, 0) is 43.4 Å². The number of allylic oxidation sites excluding steroid dienone is 1. The van der Waals surface area contributed by atoms with E-state index in [2.05, 4.69) is 0 Å². The Morgan fingerprint density at radius 3 is 2.55 bits per heavy atom. The molecular formula is C23H23ClN2O3. The van der Waals surface area contributed by atoms with Crippen LogP contribution < -0.4 is 0 Å². The molecule has 0 saturated heterocycles. The van der Waals surface area contributed by atoms with Crippen LogP contribution in [0, 0.1) is 0 Å². The van der Waals surface area contributed by atoms with Gasteiger partial charge in [-0.2, -0.15) is 0 Å². The molecule has 1 amide bonds. The van der Waals surface area contributed by atoms with Gasteiger partial charge in [-0.1, -0.05) is 60.1 Å². The van der Waals surface area contributed by atoms with Gasteiger partial charge in [-0.15, -0.1) is 0 Å². The van der Waals surface area contributed by atoms with Crippen LogP contribution in [0.25, 0.3) is 6.08 Å². The van der Waals surface area contributed by atoms with Crippen LogP contribution in [0.1, 0.15) is 17.2 Å². The molecule has 0 fully saturated rings. The van der Waals surface area contributed by atoms with Crippen molar-refractivity contribution in [2.75, 3.05) is 27.2 Å². The predicted octanol–water partition coefficient (Wildman–Crippen LogP) is 3.88. The number of nitrogens with zero attached hydrogens (tertiary/aromatic N) is 2. The summed E-state index contributed by atoms with van der Waals surface area (Å²) in [5.74, 6) is -1.46. The molecule has 1 atom stereocenters. The largest absolute Gasteiger partial charge is 0.503 e. The summed E-state index contributed by atoms with van der Waals surface area (Å²) in [6, 6.07) is 15.7. The third kappa shape index (κ3) is 4.75. The first-order valence-electron chi connectivity index (χ1n) is 9.30. The van der Waals surface area contributed by atoms with E-state index >= 15 is 0 Å². The topological polar surface area (TPSA) is 60.9 Å². The number of rotatable bonds is 7. The molecule has 1 unspecified atom stereocenters. The van der Waals surface area contributed by atoms with Crippen LogP contribution in [-0.2, 0) is 9.59 Å². The maximum absolute atomic E-state index is 13.0. The molecular weight excluding hydrogens is 388 g/mol. The number of aliphatic hydroxyl groups excluding tert-OH is 1. The lowest BCUT2D eigenvalue weighted by Gasteiger charge is -2.27. The lowest BCUT2D eigenvalue weighted by molar-refractivity contribution is -0.129. The van der Waals surface area contributed by atoms with E-state index in [4.69, 9.17) is 11.6 Å². The Kier molecular flexibility index (Phi) is 6.52. The summed E-state index contributed by atoms with van der Waals surface area (Å²) in [6.45, 7) is 0.962. The molecule has 1 aliphatic rings. The van der Waals surface area contributed by atoms with Gasteiger partial charge in [0.2, 0.25) is 0 Å². The van der Waals surface area contributed by atoms with Gasteiger partial charge in [0.1, 0.15) is 0 Å². The maximum Gasteiger partial charge on any atom is 0.290 e. The molecule has 0 bridgehead atoms. The van der Waals surface area contributed by atoms with Crippen LogP contribution in [-0.4, -0.2) is 53.8 Å². The number of ketones is 1. The van der Waals surface area contributed by atoms with E-state index < -0.39 is 23.5 Å². The van der Waals surface area contributed by atoms with Gasteiger partial charge in [-0.25, -0.2) is 0 Å². The summed E-state index contributed by atoms with van der Waals surface area (Å²) >= 11 is 6.15. The number of carbonyl (C=O) groups is 2. The van der Waals surface area contributed by atoms with Gasteiger partial charge >= 0.3 is 0 Å². The van der Waals surface area contributed by atoms with Gasteiger partial charge in [0.05, 0.1) is 11.6 Å². The first-order chi connectivity index (χ1) is 13.9. The third-order valence-corrected chi connectivity index (χ3v) is 4.98. The Morgan fingerprint density at radius 2 is 1.90 bits per heavy atom. The molecule has 1 N–H and O–H groups in total. The second-order valence-electron chi connectivity index (χ2n) is 7.13. The molecule has 150 valence electrons. The van der Waals surface area contributed by atoms with Crippen LogP contribution in [0.2, 0.25) is 5.02 Å². The molecule has 0 radical (unpaired) electrons. The number of carbonyl (C=O) groups excluding carboxylic acids is 2. The molecule has 1 heterocycles. The number of halogens is 1. The monoisotopic (exact) mass is 410 g/mol. The fourth-order valence-corrected chi connectivity index (χ4v) is 3.49. The Hall–Kier alpha value is -2.89. The number of hydrogen-bond donors (Lipinski definition) is 1. The van der Waals surface area contributed by atoms with Gasteiger partial charge in [-0.3, -0.25) is 9.59 Å². The fraction of sp³-hybridized carbons (Fsp3) is 0.217. The Morgan fingerprint density at radius 1 is 1.17 bits per heavy atom. The second kappa shape index (κ2) is 9.07. The van der Waals surface area contributed by atoms with Gasteiger partial charge in [0, 0.05) is 18.1 Å². The minimum Gasteiger partial charge on any atom is -0.503 e. The first-order valence-corrected chi connectivity index (χ1v) is 9.68. The van der Waals surface area contributed by atoms with Crippen molar-refractivity contribution in [3.63, 3.8) is 0 Å². The highest BCUT2D eigenvalue weighted by molar-refractivity contribution is 6.30. The molecule has 0 saturated carbocycles. The van der Waals surface area contributed by atoms with Crippen LogP contribution in [0.5, 0.6) is 0 Å².